The molecule has 1 aromatic heterocycles. The van der Waals surface area contributed by atoms with Crippen molar-refractivity contribution in [1.29, 1.82) is 0 Å². The van der Waals surface area contributed by atoms with E-state index in [1.54, 1.807) is 26.1 Å². The first-order chi connectivity index (χ1) is 12.8. The third kappa shape index (κ3) is 4.00. The maximum Gasteiger partial charge on any atom is 0.273 e. The zero-order valence-corrected chi connectivity index (χ0v) is 15.2. The summed E-state index contributed by atoms with van der Waals surface area (Å²) < 4.78 is 5.22. The number of nitro groups is 1. The van der Waals surface area contributed by atoms with Gasteiger partial charge in [-0.05, 0) is 19.9 Å². The summed E-state index contributed by atoms with van der Waals surface area (Å²) in [7, 11) is 1.57. The summed E-state index contributed by atoms with van der Waals surface area (Å²) >= 11 is 0. The third-order valence-electron chi connectivity index (χ3n) is 4.15. The number of benzene rings is 2. The van der Waals surface area contributed by atoms with Gasteiger partial charge < -0.3 is 9.42 Å². The van der Waals surface area contributed by atoms with Gasteiger partial charge in [-0.1, -0.05) is 41.1 Å². The Kier molecular flexibility index (Phi) is 4.98. The van der Waals surface area contributed by atoms with Crippen molar-refractivity contribution in [1.82, 2.24) is 15.0 Å². The maximum absolute atomic E-state index is 12.6. The molecule has 0 spiro atoms. The minimum atomic E-state index is -0.502. The Morgan fingerprint density at radius 2 is 1.89 bits per heavy atom. The van der Waals surface area contributed by atoms with Crippen molar-refractivity contribution in [2.45, 2.75) is 20.4 Å². The number of hydrogen-bond donors (Lipinski definition) is 0. The molecule has 0 aliphatic heterocycles. The smallest absolute Gasteiger partial charge is 0.273 e. The van der Waals surface area contributed by atoms with E-state index in [0.717, 1.165) is 11.1 Å². The lowest BCUT2D eigenvalue weighted by Gasteiger charge is -2.14. The van der Waals surface area contributed by atoms with E-state index in [0.29, 0.717) is 11.4 Å². The van der Waals surface area contributed by atoms with Crippen LogP contribution in [0.3, 0.4) is 0 Å². The number of aryl methyl sites for hydroxylation is 2. The van der Waals surface area contributed by atoms with Gasteiger partial charge in [-0.2, -0.15) is 4.98 Å². The number of amides is 1. The second-order valence-electron chi connectivity index (χ2n) is 6.30. The zero-order valence-electron chi connectivity index (χ0n) is 15.2. The molecule has 1 amide bonds. The van der Waals surface area contributed by atoms with E-state index in [1.807, 2.05) is 31.2 Å². The Hall–Kier alpha value is -3.55. The second kappa shape index (κ2) is 7.36. The van der Waals surface area contributed by atoms with Crippen LogP contribution in [0, 0.1) is 24.0 Å². The summed E-state index contributed by atoms with van der Waals surface area (Å²) in [5, 5.41) is 15.0. The Labute approximate surface area is 155 Å². The van der Waals surface area contributed by atoms with Crippen molar-refractivity contribution in [3.8, 4) is 11.4 Å². The fourth-order valence-corrected chi connectivity index (χ4v) is 2.57. The Bertz CT molecular complexity index is 995. The first kappa shape index (κ1) is 18.2. The minimum absolute atomic E-state index is 0.0892. The highest BCUT2D eigenvalue weighted by atomic mass is 16.6. The molecule has 3 aromatic rings. The first-order valence-electron chi connectivity index (χ1n) is 8.25. The Morgan fingerprint density at radius 1 is 1.19 bits per heavy atom. The summed E-state index contributed by atoms with van der Waals surface area (Å²) in [6, 6.07) is 12.1. The molecule has 2 aromatic carbocycles. The van der Waals surface area contributed by atoms with E-state index in [2.05, 4.69) is 10.1 Å². The van der Waals surface area contributed by atoms with Gasteiger partial charge in [0.25, 0.3) is 11.6 Å². The molecular weight excluding hydrogens is 348 g/mol. The van der Waals surface area contributed by atoms with Crippen LogP contribution in [-0.4, -0.2) is 32.9 Å². The second-order valence-corrected chi connectivity index (χ2v) is 6.30. The first-order valence-corrected chi connectivity index (χ1v) is 8.25. The molecule has 8 nitrogen and oxygen atoms in total. The van der Waals surface area contributed by atoms with Crippen LogP contribution in [0.4, 0.5) is 5.69 Å². The average Bonchev–Trinajstić information content (AvgIpc) is 3.10. The molecule has 0 N–H and O–H groups in total. The molecule has 0 saturated carbocycles. The van der Waals surface area contributed by atoms with E-state index >= 15 is 0 Å². The van der Waals surface area contributed by atoms with Crippen molar-refractivity contribution in [3.05, 3.63) is 75.2 Å². The van der Waals surface area contributed by atoms with Gasteiger partial charge in [0.1, 0.15) is 0 Å². The van der Waals surface area contributed by atoms with Crippen molar-refractivity contribution in [3.63, 3.8) is 0 Å². The van der Waals surface area contributed by atoms with Crippen LogP contribution >= 0.6 is 0 Å². The monoisotopic (exact) mass is 366 g/mol. The molecule has 138 valence electrons. The minimum Gasteiger partial charge on any atom is -0.337 e. The largest absolute Gasteiger partial charge is 0.337 e. The quantitative estimate of drug-likeness (QED) is 0.505. The van der Waals surface area contributed by atoms with Gasteiger partial charge in [0.05, 0.1) is 11.5 Å². The number of rotatable bonds is 5. The normalized spacial score (nSPS) is 10.6. The van der Waals surface area contributed by atoms with E-state index in [1.165, 1.54) is 11.0 Å². The van der Waals surface area contributed by atoms with E-state index < -0.39 is 4.92 Å². The van der Waals surface area contributed by atoms with Gasteiger partial charge in [0.15, 0.2) is 0 Å². The van der Waals surface area contributed by atoms with Crippen LogP contribution in [0.15, 0.2) is 47.0 Å². The molecule has 8 heteroatoms. The molecule has 3 rings (SSSR count). The SMILES string of the molecule is Cc1ccc(-c2noc(CN(C)C(=O)c3ccc(C)c([N+](=O)[O-])c3)n2)cc1. The third-order valence-corrected chi connectivity index (χ3v) is 4.15. The lowest BCUT2D eigenvalue weighted by molar-refractivity contribution is -0.385. The van der Waals surface area contributed by atoms with Crippen molar-refractivity contribution < 1.29 is 14.2 Å². The molecule has 0 aliphatic carbocycles. The van der Waals surface area contributed by atoms with Crippen LogP contribution in [0.25, 0.3) is 11.4 Å². The predicted octanol–water partition coefficient (Wildman–Crippen LogP) is 3.53. The molecule has 1 heterocycles. The molecule has 0 bridgehead atoms. The summed E-state index contributed by atoms with van der Waals surface area (Å²) in [5.41, 5.74) is 2.58. The number of hydrogen-bond acceptors (Lipinski definition) is 6. The number of carbonyl (C=O) groups excluding carboxylic acids is 1. The summed E-state index contributed by atoms with van der Waals surface area (Å²) in [6.07, 6.45) is 0. The van der Waals surface area contributed by atoms with Gasteiger partial charge in [0, 0.05) is 29.8 Å². The summed E-state index contributed by atoms with van der Waals surface area (Å²) in [4.78, 5) is 28.8. The topological polar surface area (TPSA) is 102 Å². The highest BCUT2D eigenvalue weighted by molar-refractivity contribution is 5.94. The molecule has 0 radical (unpaired) electrons. The molecule has 27 heavy (non-hydrogen) atoms. The zero-order chi connectivity index (χ0) is 19.6. The lowest BCUT2D eigenvalue weighted by Crippen LogP contribution is -2.26. The van der Waals surface area contributed by atoms with Crippen LogP contribution in [0.1, 0.15) is 27.4 Å². The lowest BCUT2D eigenvalue weighted by atomic mass is 10.1. The van der Waals surface area contributed by atoms with Crippen molar-refractivity contribution >= 4 is 11.6 Å². The Balaban J connectivity index is 1.75. The van der Waals surface area contributed by atoms with Gasteiger partial charge >= 0.3 is 0 Å². The van der Waals surface area contributed by atoms with E-state index in [4.69, 9.17) is 4.52 Å². The summed E-state index contributed by atoms with van der Waals surface area (Å²) in [6.45, 7) is 3.71. The molecular formula is C19H18N4O4. The number of aromatic nitrogens is 2. The molecule has 0 saturated heterocycles. The number of carbonyl (C=O) groups is 1. The standard InChI is InChI=1S/C19H18N4O4/c1-12-4-7-14(8-5-12)18-20-17(27-21-18)11-22(3)19(24)15-9-6-13(2)16(10-15)23(25)26/h4-10H,11H2,1-3H3. The Morgan fingerprint density at radius 3 is 2.56 bits per heavy atom. The molecule has 0 unspecified atom stereocenters. The average molecular weight is 366 g/mol. The van der Waals surface area contributed by atoms with Crippen LogP contribution < -0.4 is 0 Å². The van der Waals surface area contributed by atoms with Crippen LogP contribution in [-0.2, 0) is 6.54 Å². The molecule has 0 fully saturated rings. The fourth-order valence-electron chi connectivity index (χ4n) is 2.57. The fraction of sp³-hybridized carbons (Fsp3) is 0.211. The van der Waals surface area contributed by atoms with Crippen molar-refractivity contribution in [2.75, 3.05) is 7.05 Å². The summed E-state index contributed by atoms with van der Waals surface area (Å²) in [5.74, 6) is 0.355. The highest BCUT2D eigenvalue weighted by Crippen LogP contribution is 2.21. The molecule has 0 aliphatic rings. The maximum atomic E-state index is 12.6. The van der Waals surface area contributed by atoms with Gasteiger partial charge in [-0.15, -0.1) is 0 Å². The van der Waals surface area contributed by atoms with Crippen molar-refractivity contribution in [2.24, 2.45) is 0 Å². The van der Waals surface area contributed by atoms with Gasteiger partial charge in [-0.3, -0.25) is 14.9 Å². The van der Waals surface area contributed by atoms with E-state index in [9.17, 15) is 14.9 Å². The van der Waals surface area contributed by atoms with Crippen LogP contribution in [0.2, 0.25) is 0 Å². The van der Waals surface area contributed by atoms with Gasteiger partial charge in [0.2, 0.25) is 11.7 Å². The predicted molar refractivity (Wildman–Crippen MR) is 98.1 cm³/mol. The van der Waals surface area contributed by atoms with Crippen LogP contribution in [0.5, 0.6) is 0 Å². The number of nitrogens with zero attached hydrogens (tertiary/aromatic N) is 4. The highest BCUT2D eigenvalue weighted by Gasteiger charge is 2.19. The van der Waals surface area contributed by atoms with Gasteiger partial charge in [-0.25, -0.2) is 0 Å². The molecule has 0 atom stereocenters. The number of nitro benzene ring substituents is 1. The van der Waals surface area contributed by atoms with E-state index in [-0.39, 0.29) is 29.6 Å².